The van der Waals surface area contributed by atoms with Gasteiger partial charge in [-0.05, 0) is 44.0 Å². The molecule has 20 heavy (non-hydrogen) atoms. The molecule has 1 aromatic carbocycles. The molecule has 0 bridgehead atoms. The Morgan fingerprint density at radius 2 is 1.65 bits per heavy atom. The second kappa shape index (κ2) is 7.58. The minimum absolute atomic E-state index is 0.0565. The lowest BCUT2D eigenvalue weighted by Gasteiger charge is -2.31. The molecule has 0 radical (unpaired) electrons. The van der Waals surface area contributed by atoms with Crippen LogP contribution in [0.15, 0.2) is 12.1 Å². The number of hydrogen-bond acceptors (Lipinski definition) is 2. The Kier molecular flexibility index (Phi) is 6.40. The molecule has 0 aliphatic rings. The predicted octanol–water partition coefficient (Wildman–Crippen LogP) is 3.95. The first-order valence-electron chi connectivity index (χ1n) is 7.32. The molecular weight excluding hydrogens is 258 g/mol. The van der Waals surface area contributed by atoms with Crippen molar-refractivity contribution in [3.05, 3.63) is 29.3 Å². The van der Waals surface area contributed by atoms with Gasteiger partial charge < -0.3 is 10.2 Å². The summed E-state index contributed by atoms with van der Waals surface area (Å²) < 4.78 is 28.6. The van der Waals surface area contributed by atoms with Gasteiger partial charge in [0.25, 0.3) is 0 Å². The van der Waals surface area contributed by atoms with Crippen LogP contribution in [0, 0.1) is 17.6 Å². The molecule has 0 aliphatic heterocycles. The third-order valence-electron chi connectivity index (χ3n) is 3.13. The smallest absolute Gasteiger partial charge is 0.149 e. The Morgan fingerprint density at radius 3 is 2.05 bits per heavy atom. The molecule has 0 atom stereocenters. The highest BCUT2D eigenvalue weighted by Gasteiger charge is 2.21. The van der Waals surface area contributed by atoms with E-state index < -0.39 is 11.6 Å². The van der Waals surface area contributed by atoms with Gasteiger partial charge in [0, 0.05) is 19.1 Å². The maximum absolute atomic E-state index is 14.3. The van der Waals surface area contributed by atoms with Crippen LogP contribution in [0.5, 0.6) is 0 Å². The molecule has 0 saturated heterocycles. The molecule has 4 heteroatoms. The van der Waals surface area contributed by atoms with E-state index in [9.17, 15) is 8.78 Å². The van der Waals surface area contributed by atoms with E-state index in [1.807, 2.05) is 34.6 Å². The monoisotopic (exact) mass is 284 g/mol. The van der Waals surface area contributed by atoms with E-state index in [-0.39, 0.29) is 11.7 Å². The Bertz CT molecular complexity index is 407. The molecule has 1 aromatic rings. The van der Waals surface area contributed by atoms with Crippen LogP contribution in [0.1, 0.15) is 40.2 Å². The summed E-state index contributed by atoms with van der Waals surface area (Å²) in [5.41, 5.74) is 0.729. The lowest BCUT2D eigenvalue weighted by Crippen LogP contribution is -2.35. The number of hydrogen-bond donors (Lipinski definition) is 1. The molecule has 0 unspecified atom stereocenters. The summed E-state index contributed by atoms with van der Waals surface area (Å²) in [5, 5.41) is 3.08. The van der Waals surface area contributed by atoms with Gasteiger partial charge in [0.2, 0.25) is 0 Å². The second-order valence-electron chi connectivity index (χ2n) is 5.83. The van der Waals surface area contributed by atoms with Crippen molar-refractivity contribution >= 4 is 5.69 Å². The summed E-state index contributed by atoms with van der Waals surface area (Å²) in [5.74, 6) is -0.614. The van der Waals surface area contributed by atoms with E-state index >= 15 is 0 Å². The van der Waals surface area contributed by atoms with E-state index in [4.69, 9.17) is 0 Å². The van der Waals surface area contributed by atoms with Crippen LogP contribution < -0.4 is 10.2 Å². The molecule has 0 heterocycles. The Hall–Kier alpha value is -1.16. The molecule has 0 spiro atoms. The van der Waals surface area contributed by atoms with Crippen LogP contribution in [0.25, 0.3) is 0 Å². The van der Waals surface area contributed by atoms with E-state index in [0.717, 1.165) is 6.54 Å². The lowest BCUT2D eigenvalue weighted by atomic mass is 10.1. The fourth-order valence-electron chi connectivity index (χ4n) is 2.22. The van der Waals surface area contributed by atoms with E-state index in [1.54, 1.807) is 4.90 Å². The number of rotatable bonds is 7. The van der Waals surface area contributed by atoms with Gasteiger partial charge in [-0.3, -0.25) is 0 Å². The zero-order valence-electron chi connectivity index (χ0n) is 13.1. The average molecular weight is 284 g/mol. The summed E-state index contributed by atoms with van der Waals surface area (Å²) in [6.45, 7) is 11.9. The first-order valence-corrected chi connectivity index (χ1v) is 7.32. The molecule has 0 saturated carbocycles. The topological polar surface area (TPSA) is 15.3 Å². The largest absolute Gasteiger partial charge is 0.364 e. The average Bonchev–Trinajstić information content (AvgIpc) is 2.33. The Morgan fingerprint density at radius 1 is 1.10 bits per heavy atom. The fraction of sp³-hybridized carbons (Fsp3) is 0.625. The zero-order chi connectivity index (χ0) is 15.3. The minimum atomic E-state index is -0.479. The molecule has 114 valence electrons. The predicted molar refractivity (Wildman–Crippen MR) is 81.1 cm³/mol. The van der Waals surface area contributed by atoms with Crippen LogP contribution in [-0.2, 0) is 6.54 Å². The van der Waals surface area contributed by atoms with Crippen molar-refractivity contribution in [2.24, 2.45) is 5.92 Å². The number of anilines is 1. The van der Waals surface area contributed by atoms with Gasteiger partial charge in [0.15, 0.2) is 0 Å². The van der Waals surface area contributed by atoms with Crippen molar-refractivity contribution in [2.75, 3.05) is 18.0 Å². The maximum Gasteiger partial charge on any atom is 0.149 e. The molecule has 2 nitrogen and oxygen atoms in total. The second-order valence-corrected chi connectivity index (χ2v) is 5.83. The number of halogens is 2. The third kappa shape index (κ3) is 4.44. The number of nitrogens with zero attached hydrogens (tertiary/aromatic N) is 1. The highest BCUT2D eigenvalue weighted by Crippen LogP contribution is 2.27. The van der Waals surface area contributed by atoms with Crippen molar-refractivity contribution in [2.45, 2.75) is 47.2 Å². The van der Waals surface area contributed by atoms with Crippen LogP contribution >= 0.6 is 0 Å². The van der Waals surface area contributed by atoms with E-state index in [1.165, 1.54) is 12.1 Å². The molecule has 0 aliphatic carbocycles. The zero-order valence-corrected chi connectivity index (χ0v) is 13.1. The van der Waals surface area contributed by atoms with E-state index in [2.05, 4.69) is 5.32 Å². The highest BCUT2D eigenvalue weighted by molar-refractivity contribution is 5.51. The van der Waals surface area contributed by atoms with Crippen molar-refractivity contribution in [3.63, 3.8) is 0 Å². The molecule has 1 rings (SSSR count). The van der Waals surface area contributed by atoms with Crippen LogP contribution in [0.4, 0.5) is 14.5 Å². The summed E-state index contributed by atoms with van der Waals surface area (Å²) in [4.78, 5) is 1.80. The molecular formula is C16H26F2N2. The van der Waals surface area contributed by atoms with Gasteiger partial charge in [0.1, 0.15) is 17.3 Å². The van der Waals surface area contributed by atoms with Gasteiger partial charge in [-0.1, -0.05) is 20.8 Å². The fourth-order valence-corrected chi connectivity index (χ4v) is 2.22. The van der Waals surface area contributed by atoms with Crippen LogP contribution in [0.3, 0.4) is 0 Å². The van der Waals surface area contributed by atoms with Crippen LogP contribution in [0.2, 0.25) is 0 Å². The van der Waals surface area contributed by atoms with Gasteiger partial charge in [0.05, 0.1) is 0 Å². The molecule has 0 fully saturated rings. The van der Waals surface area contributed by atoms with Crippen molar-refractivity contribution in [3.8, 4) is 0 Å². The van der Waals surface area contributed by atoms with Gasteiger partial charge in [-0.25, -0.2) is 8.78 Å². The highest BCUT2D eigenvalue weighted by atomic mass is 19.1. The summed E-state index contributed by atoms with van der Waals surface area (Å²) >= 11 is 0. The summed E-state index contributed by atoms with van der Waals surface area (Å²) in [6.07, 6.45) is 0. The normalized spacial score (nSPS) is 11.4. The molecule has 0 aromatic heterocycles. The summed E-state index contributed by atoms with van der Waals surface area (Å²) in [6, 6.07) is 2.91. The van der Waals surface area contributed by atoms with E-state index in [0.29, 0.717) is 24.6 Å². The maximum atomic E-state index is 14.3. The van der Waals surface area contributed by atoms with Crippen molar-refractivity contribution in [1.29, 1.82) is 0 Å². The molecule has 1 N–H and O–H groups in total. The Labute approximate surface area is 121 Å². The first kappa shape index (κ1) is 16.9. The van der Waals surface area contributed by atoms with Gasteiger partial charge in [-0.15, -0.1) is 0 Å². The van der Waals surface area contributed by atoms with Crippen molar-refractivity contribution in [1.82, 2.24) is 5.32 Å². The lowest BCUT2D eigenvalue weighted by molar-refractivity contribution is 0.521. The summed E-state index contributed by atoms with van der Waals surface area (Å²) in [7, 11) is 0. The number of nitrogens with one attached hydrogen (secondary N) is 1. The Balaban J connectivity index is 3.09. The van der Waals surface area contributed by atoms with Crippen LogP contribution in [-0.4, -0.2) is 19.1 Å². The first-order chi connectivity index (χ1) is 9.36. The van der Waals surface area contributed by atoms with Gasteiger partial charge >= 0.3 is 0 Å². The minimum Gasteiger partial charge on any atom is -0.364 e. The number of benzene rings is 1. The SMILES string of the molecule is CCNCc1cc(F)c(N(CC(C)C)C(C)C)c(F)c1. The quantitative estimate of drug-likeness (QED) is 0.815. The standard InChI is InChI=1S/C16H26F2N2/c1-6-19-9-13-7-14(17)16(15(18)8-13)20(12(4)5)10-11(2)3/h7-8,11-12,19H,6,9-10H2,1-5H3. The molecule has 0 amide bonds. The van der Waals surface area contributed by atoms with Crippen molar-refractivity contribution < 1.29 is 8.78 Å². The van der Waals surface area contributed by atoms with Gasteiger partial charge in [-0.2, -0.15) is 0 Å². The third-order valence-corrected chi connectivity index (χ3v) is 3.13.